The zero-order chi connectivity index (χ0) is 16.6. The maximum absolute atomic E-state index is 11.9. The number of amides is 1. The van der Waals surface area contributed by atoms with E-state index in [2.05, 4.69) is 26.1 Å². The first-order valence-corrected chi connectivity index (χ1v) is 7.84. The molecule has 0 bridgehead atoms. The fourth-order valence-electron chi connectivity index (χ4n) is 2.31. The van der Waals surface area contributed by atoms with E-state index in [1.165, 1.54) is 0 Å². The third-order valence-corrected chi connectivity index (χ3v) is 4.28. The molecule has 0 aliphatic heterocycles. The third-order valence-electron chi connectivity index (χ3n) is 4.28. The quantitative estimate of drug-likeness (QED) is 0.609. The maximum Gasteiger partial charge on any atom is 0.303 e. The molecule has 0 aromatic rings. The molecule has 0 aromatic carbocycles. The van der Waals surface area contributed by atoms with E-state index in [9.17, 15) is 9.59 Å². The fourth-order valence-corrected chi connectivity index (χ4v) is 2.31. The van der Waals surface area contributed by atoms with E-state index in [1.807, 2.05) is 13.8 Å². The highest BCUT2D eigenvalue weighted by Crippen LogP contribution is 2.32. The molecule has 0 rings (SSSR count). The Morgan fingerprint density at radius 2 is 1.81 bits per heavy atom. The molecular weight excluding hydrogens is 268 g/mol. The van der Waals surface area contributed by atoms with Crippen LogP contribution in [-0.2, 0) is 9.59 Å². The molecule has 124 valence electrons. The number of carboxylic acids is 1. The topological polar surface area (TPSA) is 92.4 Å². The molecule has 0 spiro atoms. The van der Waals surface area contributed by atoms with Gasteiger partial charge in [-0.1, -0.05) is 41.0 Å². The second kappa shape index (κ2) is 9.03. The fraction of sp³-hybridized carbons (Fsp3) is 0.875. The number of nitrogens with two attached hydrogens (primary N) is 1. The van der Waals surface area contributed by atoms with Crippen LogP contribution >= 0.6 is 0 Å². The molecule has 2 unspecified atom stereocenters. The van der Waals surface area contributed by atoms with Gasteiger partial charge in [0.25, 0.3) is 0 Å². The van der Waals surface area contributed by atoms with Crippen molar-refractivity contribution in [3.05, 3.63) is 0 Å². The SMILES string of the molecule is CCC(C)[C@H](N)C(=O)NCCC(CCC(=O)O)C(C)(C)C. The molecule has 21 heavy (non-hydrogen) atoms. The number of carboxylic acid groups (broad SMARTS) is 1. The van der Waals surface area contributed by atoms with Crippen molar-refractivity contribution in [1.82, 2.24) is 5.32 Å². The zero-order valence-corrected chi connectivity index (χ0v) is 14.1. The van der Waals surface area contributed by atoms with Gasteiger partial charge in [-0.05, 0) is 30.1 Å². The number of carbonyl (C=O) groups is 2. The summed E-state index contributed by atoms with van der Waals surface area (Å²) in [4.78, 5) is 22.6. The summed E-state index contributed by atoms with van der Waals surface area (Å²) in [6, 6.07) is -0.470. The van der Waals surface area contributed by atoms with Gasteiger partial charge in [0.2, 0.25) is 5.91 Å². The predicted octanol–water partition coefficient (Wildman–Crippen LogP) is 2.39. The van der Waals surface area contributed by atoms with E-state index in [4.69, 9.17) is 10.8 Å². The Bertz CT molecular complexity index is 337. The highest BCUT2D eigenvalue weighted by molar-refractivity contribution is 5.81. The number of aliphatic carboxylic acids is 1. The van der Waals surface area contributed by atoms with Gasteiger partial charge in [-0.3, -0.25) is 9.59 Å². The predicted molar refractivity (Wildman–Crippen MR) is 84.9 cm³/mol. The molecule has 0 saturated carbocycles. The monoisotopic (exact) mass is 300 g/mol. The van der Waals surface area contributed by atoms with E-state index in [1.54, 1.807) is 0 Å². The van der Waals surface area contributed by atoms with Gasteiger partial charge >= 0.3 is 5.97 Å². The van der Waals surface area contributed by atoms with E-state index in [0.29, 0.717) is 13.0 Å². The van der Waals surface area contributed by atoms with Crippen LogP contribution in [0.25, 0.3) is 0 Å². The Kier molecular flexibility index (Phi) is 8.55. The lowest BCUT2D eigenvalue weighted by atomic mass is 9.76. The average molecular weight is 300 g/mol. The summed E-state index contributed by atoms with van der Waals surface area (Å²) < 4.78 is 0. The highest BCUT2D eigenvalue weighted by atomic mass is 16.4. The summed E-state index contributed by atoms with van der Waals surface area (Å²) >= 11 is 0. The van der Waals surface area contributed by atoms with Crippen LogP contribution < -0.4 is 11.1 Å². The van der Waals surface area contributed by atoms with Crippen LogP contribution in [0.15, 0.2) is 0 Å². The Morgan fingerprint density at radius 3 is 2.24 bits per heavy atom. The molecule has 0 aromatic heterocycles. The first-order valence-electron chi connectivity index (χ1n) is 7.84. The smallest absolute Gasteiger partial charge is 0.303 e. The molecule has 0 fully saturated rings. The second-order valence-electron chi connectivity index (χ2n) is 6.99. The standard InChI is InChI=1S/C16H32N2O3/c1-6-11(2)14(17)15(21)18-10-9-12(16(3,4)5)7-8-13(19)20/h11-12,14H,6-10,17H2,1-5H3,(H,18,21)(H,19,20)/t11?,12?,14-/m0/s1. The Balaban J connectivity index is 4.31. The molecule has 1 amide bonds. The van der Waals surface area contributed by atoms with Gasteiger partial charge in [-0.2, -0.15) is 0 Å². The van der Waals surface area contributed by atoms with Gasteiger partial charge in [0.15, 0.2) is 0 Å². The number of rotatable bonds is 9. The molecule has 5 heteroatoms. The van der Waals surface area contributed by atoms with Crippen molar-refractivity contribution in [3.8, 4) is 0 Å². The molecule has 0 aliphatic carbocycles. The first kappa shape index (κ1) is 19.9. The van der Waals surface area contributed by atoms with Crippen molar-refractivity contribution in [2.45, 2.75) is 66.3 Å². The number of nitrogens with one attached hydrogen (secondary N) is 1. The number of carbonyl (C=O) groups excluding carboxylic acids is 1. The lowest BCUT2D eigenvalue weighted by Gasteiger charge is -2.31. The average Bonchev–Trinajstić information content (AvgIpc) is 2.38. The zero-order valence-electron chi connectivity index (χ0n) is 14.1. The van der Waals surface area contributed by atoms with E-state index < -0.39 is 12.0 Å². The number of hydrogen-bond acceptors (Lipinski definition) is 3. The van der Waals surface area contributed by atoms with Crippen LogP contribution in [0.5, 0.6) is 0 Å². The largest absolute Gasteiger partial charge is 0.481 e. The molecule has 0 heterocycles. The van der Waals surface area contributed by atoms with Gasteiger partial charge in [0.1, 0.15) is 0 Å². The summed E-state index contributed by atoms with van der Waals surface area (Å²) in [5.74, 6) is -0.466. The molecule has 3 atom stereocenters. The minimum Gasteiger partial charge on any atom is -0.481 e. The van der Waals surface area contributed by atoms with Crippen molar-refractivity contribution in [1.29, 1.82) is 0 Å². The lowest BCUT2D eigenvalue weighted by Crippen LogP contribution is -2.45. The first-order chi connectivity index (χ1) is 9.59. The summed E-state index contributed by atoms with van der Waals surface area (Å²) in [6.45, 7) is 10.8. The molecule has 4 N–H and O–H groups in total. The molecule has 0 aliphatic rings. The summed E-state index contributed by atoms with van der Waals surface area (Å²) in [6.07, 6.45) is 2.45. The van der Waals surface area contributed by atoms with Gasteiger partial charge in [-0.25, -0.2) is 0 Å². The van der Waals surface area contributed by atoms with Crippen molar-refractivity contribution in [2.24, 2.45) is 23.0 Å². The van der Waals surface area contributed by atoms with Gasteiger partial charge in [0.05, 0.1) is 6.04 Å². The van der Waals surface area contributed by atoms with Gasteiger partial charge < -0.3 is 16.2 Å². The molecule has 5 nitrogen and oxygen atoms in total. The normalized spacial score (nSPS) is 16.1. The van der Waals surface area contributed by atoms with Gasteiger partial charge in [0, 0.05) is 13.0 Å². The molecular formula is C16H32N2O3. The van der Waals surface area contributed by atoms with Crippen molar-refractivity contribution in [2.75, 3.05) is 6.54 Å². The summed E-state index contributed by atoms with van der Waals surface area (Å²) in [7, 11) is 0. The Hall–Kier alpha value is -1.10. The summed E-state index contributed by atoms with van der Waals surface area (Å²) in [5.41, 5.74) is 5.91. The van der Waals surface area contributed by atoms with E-state index in [-0.39, 0.29) is 29.6 Å². The van der Waals surface area contributed by atoms with Crippen LogP contribution in [0.2, 0.25) is 0 Å². The van der Waals surface area contributed by atoms with Crippen LogP contribution in [0.3, 0.4) is 0 Å². The molecule has 0 radical (unpaired) electrons. The van der Waals surface area contributed by atoms with Gasteiger partial charge in [-0.15, -0.1) is 0 Å². The Labute approximate surface area is 128 Å². The lowest BCUT2D eigenvalue weighted by molar-refractivity contribution is -0.137. The minimum atomic E-state index is -0.771. The highest BCUT2D eigenvalue weighted by Gasteiger charge is 2.25. The van der Waals surface area contributed by atoms with Crippen molar-refractivity contribution >= 4 is 11.9 Å². The van der Waals surface area contributed by atoms with Crippen LogP contribution in [-0.4, -0.2) is 29.6 Å². The van der Waals surface area contributed by atoms with Crippen molar-refractivity contribution < 1.29 is 14.7 Å². The molecule has 0 saturated heterocycles. The minimum absolute atomic E-state index is 0.0268. The van der Waals surface area contributed by atoms with E-state index in [0.717, 1.165) is 12.8 Å². The van der Waals surface area contributed by atoms with Crippen LogP contribution in [0.4, 0.5) is 0 Å². The summed E-state index contributed by atoms with van der Waals surface area (Å²) in [5, 5.41) is 11.7. The third kappa shape index (κ3) is 8.05. The van der Waals surface area contributed by atoms with E-state index >= 15 is 0 Å². The van der Waals surface area contributed by atoms with Crippen molar-refractivity contribution in [3.63, 3.8) is 0 Å². The second-order valence-corrected chi connectivity index (χ2v) is 6.99. The Morgan fingerprint density at radius 1 is 1.24 bits per heavy atom. The van der Waals surface area contributed by atoms with Crippen LogP contribution in [0, 0.1) is 17.3 Å². The van der Waals surface area contributed by atoms with Crippen LogP contribution in [0.1, 0.15) is 60.3 Å². The number of hydrogen-bond donors (Lipinski definition) is 3. The maximum atomic E-state index is 11.9.